The third kappa shape index (κ3) is 3.85. The topological polar surface area (TPSA) is 105 Å². The molecular formula is C14H16N3O3S+. The van der Waals surface area contributed by atoms with Gasteiger partial charge in [0.15, 0.2) is 0 Å². The molecule has 6 nitrogen and oxygen atoms in total. The van der Waals surface area contributed by atoms with Gasteiger partial charge in [-0.15, -0.1) is 0 Å². The van der Waals surface area contributed by atoms with Crippen LogP contribution in [0, 0.1) is 0 Å². The van der Waals surface area contributed by atoms with Gasteiger partial charge < -0.3 is 16.0 Å². The van der Waals surface area contributed by atoms with Gasteiger partial charge in [0.1, 0.15) is 6.04 Å². The molecule has 1 aromatic heterocycles. The van der Waals surface area contributed by atoms with Crippen molar-refractivity contribution in [2.24, 2.45) is 5.73 Å². The first-order valence-corrected chi connectivity index (χ1v) is 7.41. The molecule has 21 heavy (non-hydrogen) atoms. The van der Waals surface area contributed by atoms with Crippen LogP contribution in [-0.4, -0.2) is 28.6 Å². The van der Waals surface area contributed by atoms with E-state index in [0.29, 0.717) is 18.1 Å². The van der Waals surface area contributed by atoms with Gasteiger partial charge in [-0.1, -0.05) is 18.2 Å². The minimum Gasteiger partial charge on any atom is -0.368 e. The van der Waals surface area contributed by atoms with Gasteiger partial charge in [0, 0.05) is 27.7 Å². The average molecular weight is 306 g/mol. The van der Waals surface area contributed by atoms with Crippen LogP contribution in [0.15, 0.2) is 30.5 Å². The summed E-state index contributed by atoms with van der Waals surface area (Å²) in [6, 6.07) is 6.91. The molecule has 0 bridgehead atoms. The van der Waals surface area contributed by atoms with Crippen LogP contribution >= 0.6 is 0 Å². The number of carbonyl (C=O) groups excluding carboxylic acids is 2. The van der Waals surface area contributed by atoms with Crippen molar-refractivity contribution < 1.29 is 13.8 Å². The van der Waals surface area contributed by atoms with E-state index < -0.39 is 11.9 Å². The number of H-pyrrole nitrogens is 1. The predicted molar refractivity (Wildman–Crippen MR) is 80.7 cm³/mol. The van der Waals surface area contributed by atoms with Crippen LogP contribution in [0.3, 0.4) is 0 Å². The van der Waals surface area contributed by atoms with Crippen LogP contribution in [0.25, 0.3) is 10.9 Å². The first kappa shape index (κ1) is 15.1. The maximum Gasteiger partial charge on any atom is 0.459 e. The summed E-state index contributed by atoms with van der Waals surface area (Å²) in [7, 11) is 0. The molecule has 0 radical (unpaired) electrons. The van der Waals surface area contributed by atoms with E-state index >= 15 is 0 Å². The number of benzene rings is 1. The molecule has 1 aromatic carbocycles. The number of nitrogens with two attached hydrogens (primary N) is 1. The summed E-state index contributed by atoms with van der Waals surface area (Å²) in [5.41, 5.74) is 7.22. The Morgan fingerprint density at radius 2 is 2.10 bits per heavy atom. The zero-order chi connectivity index (χ0) is 15.2. The van der Waals surface area contributed by atoms with Gasteiger partial charge in [0.25, 0.3) is 0 Å². The maximum atomic E-state index is 11.6. The number of rotatable bonds is 7. The summed E-state index contributed by atoms with van der Waals surface area (Å²) >= 11 is 0.341. The van der Waals surface area contributed by atoms with E-state index in [4.69, 9.17) is 5.73 Å². The average Bonchev–Trinajstić information content (AvgIpc) is 2.87. The largest absolute Gasteiger partial charge is 0.459 e. The minimum absolute atomic E-state index is 0.0752. The Hall–Kier alpha value is -2.28. The number of amides is 2. The molecule has 2 amide bonds. The zero-order valence-electron chi connectivity index (χ0n) is 11.3. The molecule has 2 rings (SSSR count). The van der Waals surface area contributed by atoms with E-state index in [1.165, 1.54) is 0 Å². The molecule has 0 saturated carbocycles. The van der Waals surface area contributed by atoms with E-state index in [0.717, 1.165) is 16.5 Å². The standard InChI is InChI=1S/C14H15N3O3S/c15-14(19)12(17-13(18)5-6-21-20)7-9-8-16-11-4-2-1-3-10(9)11/h1-4,8,12,16H,5-7H2,(H2-,15,17,18,19)/p+1/t12-/m0/s1. The highest BCUT2D eigenvalue weighted by Crippen LogP contribution is 2.19. The predicted octanol–water partition coefficient (Wildman–Crippen LogP) is 0.499. The van der Waals surface area contributed by atoms with Crippen molar-refractivity contribution in [3.63, 3.8) is 0 Å². The van der Waals surface area contributed by atoms with E-state index in [9.17, 15) is 13.8 Å². The van der Waals surface area contributed by atoms with Crippen molar-refractivity contribution in [1.82, 2.24) is 10.3 Å². The van der Waals surface area contributed by atoms with Crippen molar-refractivity contribution in [1.29, 1.82) is 0 Å². The van der Waals surface area contributed by atoms with Gasteiger partial charge in [0.2, 0.25) is 17.6 Å². The number of primary amides is 1. The summed E-state index contributed by atoms with van der Waals surface area (Å²) in [4.78, 5) is 26.2. The monoisotopic (exact) mass is 306 g/mol. The summed E-state index contributed by atoms with van der Waals surface area (Å²) in [6.07, 6.45) is 2.20. The lowest BCUT2D eigenvalue weighted by molar-refractivity contribution is -0.127. The lowest BCUT2D eigenvalue weighted by Crippen LogP contribution is -2.46. The first-order chi connectivity index (χ1) is 10.1. The molecule has 0 aliphatic carbocycles. The molecule has 0 spiro atoms. The van der Waals surface area contributed by atoms with E-state index in [2.05, 4.69) is 10.3 Å². The van der Waals surface area contributed by atoms with Crippen LogP contribution in [0.1, 0.15) is 12.0 Å². The van der Waals surface area contributed by atoms with Crippen molar-refractivity contribution in [3.8, 4) is 0 Å². The van der Waals surface area contributed by atoms with Crippen molar-refractivity contribution in [2.75, 3.05) is 5.75 Å². The lowest BCUT2D eigenvalue weighted by Gasteiger charge is -2.14. The maximum absolute atomic E-state index is 11.6. The first-order valence-electron chi connectivity index (χ1n) is 6.50. The van der Waals surface area contributed by atoms with Crippen LogP contribution in [0.4, 0.5) is 0 Å². The van der Waals surface area contributed by atoms with Gasteiger partial charge in [-0.2, -0.15) is 0 Å². The van der Waals surface area contributed by atoms with Gasteiger partial charge >= 0.3 is 11.7 Å². The van der Waals surface area contributed by atoms with Crippen LogP contribution in [0.2, 0.25) is 0 Å². The highest BCUT2D eigenvalue weighted by Gasteiger charge is 2.20. The number of fused-ring (bicyclic) bond motifs is 1. The molecule has 2 aromatic rings. The number of aromatic amines is 1. The molecule has 0 aliphatic rings. The molecule has 1 atom stereocenters. The zero-order valence-corrected chi connectivity index (χ0v) is 12.1. The van der Waals surface area contributed by atoms with Crippen LogP contribution in [0.5, 0.6) is 0 Å². The fourth-order valence-corrected chi connectivity index (χ4v) is 2.41. The number of aromatic nitrogens is 1. The summed E-state index contributed by atoms with van der Waals surface area (Å²) in [5.74, 6) is -0.768. The third-order valence-corrected chi connectivity index (χ3v) is 3.56. The smallest absolute Gasteiger partial charge is 0.368 e. The van der Waals surface area contributed by atoms with E-state index in [1.807, 2.05) is 24.3 Å². The summed E-state index contributed by atoms with van der Waals surface area (Å²) in [5, 5.41) is 3.57. The minimum atomic E-state index is -0.784. The number of nitrogens with one attached hydrogen (secondary N) is 2. The molecule has 110 valence electrons. The van der Waals surface area contributed by atoms with Crippen molar-refractivity contribution >= 4 is 34.4 Å². The van der Waals surface area contributed by atoms with Crippen molar-refractivity contribution in [3.05, 3.63) is 36.0 Å². The molecule has 0 aliphatic heterocycles. The lowest BCUT2D eigenvalue weighted by atomic mass is 10.0. The van der Waals surface area contributed by atoms with Gasteiger partial charge in [-0.25, -0.2) is 0 Å². The number of carbonyl (C=O) groups is 2. The molecule has 4 N–H and O–H groups in total. The Bertz CT molecular complexity index is 668. The Morgan fingerprint density at radius 3 is 2.81 bits per heavy atom. The number of hydrogen-bond donors (Lipinski definition) is 3. The highest BCUT2D eigenvalue weighted by molar-refractivity contribution is 7.65. The Labute approximate surface area is 125 Å². The number of hydrogen-bond acceptors (Lipinski definition) is 3. The van der Waals surface area contributed by atoms with E-state index in [-0.39, 0.29) is 18.1 Å². The normalized spacial score (nSPS) is 12.0. The Balaban J connectivity index is 2.11. The molecule has 0 fully saturated rings. The summed E-state index contributed by atoms with van der Waals surface area (Å²) < 4.78 is 10.3. The third-order valence-electron chi connectivity index (χ3n) is 3.19. The second-order valence-corrected chi connectivity index (χ2v) is 5.30. The quantitative estimate of drug-likeness (QED) is 0.649. The Kier molecular flexibility index (Phi) is 4.99. The van der Waals surface area contributed by atoms with Crippen LogP contribution < -0.4 is 11.1 Å². The van der Waals surface area contributed by atoms with Gasteiger partial charge in [-0.05, 0) is 11.6 Å². The molecule has 0 unspecified atom stereocenters. The van der Waals surface area contributed by atoms with Gasteiger partial charge in [0.05, 0.1) is 6.42 Å². The molecule has 1 heterocycles. The van der Waals surface area contributed by atoms with Crippen LogP contribution in [-0.2, 0) is 31.9 Å². The van der Waals surface area contributed by atoms with E-state index in [1.54, 1.807) is 6.20 Å². The highest BCUT2D eigenvalue weighted by atomic mass is 32.1. The number of para-hydroxylation sites is 1. The fraction of sp³-hybridized carbons (Fsp3) is 0.286. The summed E-state index contributed by atoms with van der Waals surface area (Å²) in [6.45, 7) is 0. The fourth-order valence-electron chi connectivity index (χ4n) is 2.14. The second kappa shape index (κ2) is 6.94. The van der Waals surface area contributed by atoms with Crippen molar-refractivity contribution in [2.45, 2.75) is 18.9 Å². The SMILES string of the molecule is NC(=O)[C@H](Cc1c[nH]c2ccccc12)NC(=O)CC[S+]=O. The van der Waals surface area contributed by atoms with Gasteiger partial charge in [-0.3, -0.25) is 9.59 Å². The second-order valence-electron chi connectivity index (χ2n) is 4.66. The molecular weight excluding hydrogens is 290 g/mol. The molecule has 0 saturated heterocycles. The molecule has 7 heteroatoms. The Morgan fingerprint density at radius 1 is 1.33 bits per heavy atom.